The Bertz CT molecular complexity index is 391. The van der Waals surface area contributed by atoms with Gasteiger partial charge in [-0.3, -0.25) is 9.58 Å². The molecule has 19 heavy (non-hydrogen) atoms. The highest BCUT2D eigenvalue weighted by Crippen LogP contribution is 2.22. The Hall–Kier alpha value is -0.870. The summed E-state index contributed by atoms with van der Waals surface area (Å²) in [6, 6.07) is 2.67. The van der Waals surface area contributed by atoms with E-state index in [0.717, 1.165) is 26.1 Å². The topological polar surface area (TPSA) is 33.1 Å². The average Bonchev–Trinajstić information content (AvgIpc) is 2.89. The normalized spacial score (nSPS) is 21.5. The van der Waals surface area contributed by atoms with Crippen LogP contribution in [0, 0.1) is 0 Å². The fraction of sp³-hybridized carbons (Fsp3) is 0.800. The Morgan fingerprint density at radius 2 is 2.11 bits per heavy atom. The average molecular weight is 264 g/mol. The van der Waals surface area contributed by atoms with Crippen molar-refractivity contribution < 1.29 is 0 Å². The molecule has 0 aliphatic carbocycles. The maximum atomic E-state index is 4.69. The van der Waals surface area contributed by atoms with Gasteiger partial charge in [0.05, 0.1) is 5.69 Å². The number of hydrogen-bond donors (Lipinski definition) is 1. The summed E-state index contributed by atoms with van der Waals surface area (Å²) in [7, 11) is 2.07. The van der Waals surface area contributed by atoms with E-state index in [1.807, 2.05) is 0 Å². The molecule has 0 aromatic carbocycles. The van der Waals surface area contributed by atoms with Gasteiger partial charge in [-0.2, -0.15) is 5.10 Å². The molecule has 4 nitrogen and oxygen atoms in total. The Morgan fingerprint density at radius 3 is 2.68 bits per heavy atom. The Labute approximate surface area is 117 Å². The molecule has 1 N–H and O–H groups in total. The summed E-state index contributed by atoms with van der Waals surface area (Å²) >= 11 is 0. The van der Waals surface area contributed by atoms with Gasteiger partial charge in [0.15, 0.2) is 0 Å². The van der Waals surface area contributed by atoms with Crippen LogP contribution < -0.4 is 5.32 Å². The van der Waals surface area contributed by atoms with Gasteiger partial charge in [0.25, 0.3) is 0 Å². The van der Waals surface area contributed by atoms with Crippen molar-refractivity contribution >= 4 is 0 Å². The first kappa shape index (κ1) is 14.5. The zero-order valence-electron chi connectivity index (χ0n) is 12.8. The summed E-state index contributed by atoms with van der Waals surface area (Å²) in [5.41, 5.74) is 1.53. The molecule has 0 spiro atoms. The Kier molecular flexibility index (Phi) is 4.63. The quantitative estimate of drug-likeness (QED) is 0.886. The van der Waals surface area contributed by atoms with Crippen LogP contribution in [0.25, 0.3) is 0 Å². The van der Waals surface area contributed by atoms with Crippen LogP contribution in [0.15, 0.2) is 12.3 Å². The van der Waals surface area contributed by atoms with E-state index in [-0.39, 0.29) is 0 Å². The molecule has 1 atom stereocenters. The fourth-order valence-electron chi connectivity index (χ4n) is 2.58. The third-order valence-corrected chi connectivity index (χ3v) is 4.65. The second-order valence-electron chi connectivity index (χ2n) is 6.13. The standard InChI is InChI=1S/C15H28N4/c1-5-13(2)19-9-6-14(17-19)12-18-10-7-15(3,16-4)8-11-18/h6,9,13,16H,5,7-8,10-12H2,1-4H3. The SMILES string of the molecule is CCC(C)n1ccc(CN2CCC(C)(NC)CC2)n1. The molecule has 1 saturated heterocycles. The molecule has 4 heteroatoms. The molecule has 2 rings (SSSR count). The van der Waals surface area contributed by atoms with Gasteiger partial charge in [-0.25, -0.2) is 0 Å². The third-order valence-electron chi connectivity index (χ3n) is 4.65. The summed E-state index contributed by atoms with van der Waals surface area (Å²) in [4.78, 5) is 2.52. The van der Waals surface area contributed by atoms with Crippen LogP contribution in [0.5, 0.6) is 0 Å². The first-order valence-electron chi connectivity index (χ1n) is 7.51. The molecular formula is C15H28N4. The molecule has 1 unspecified atom stereocenters. The van der Waals surface area contributed by atoms with E-state index < -0.39 is 0 Å². The summed E-state index contributed by atoms with van der Waals surface area (Å²) in [6.07, 6.45) is 5.68. The number of piperidine rings is 1. The fourth-order valence-corrected chi connectivity index (χ4v) is 2.58. The van der Waals surface area contributed by atoms with Crippen LogP contribution in [-0.4, -0.2) is 40.4 Å². The van der Waals surface area contributed by atoms with E-state index in [4.69, 9.17) is 5.10 Å². The van der Waals surface area contributed by atoms with Gasteiger partial charge in [0.1, 0.15) is 0 Å². The largest absolute Gasteiger partial charge is 0.314 e. The van der Waals surface area contributed by atoms with E-state index in [0.29, 0.717) is 11.6 Å². The number of rotatable bonds is 5. The van der Waals surface area contributed by atoms with E-state index in [1.54, 1.807) is 0 Å². The lowest BCUT2D eigenvalue weighted by Gasteiger charge is -2.39. The zero-order valence-corrected chi connectivity index (χ0v) is 12.8. The predicted molar refractivity (Wildman–Crippen MR) is 79.2 cm³/mol. The maximum absolute atomic E-state index is 4.69. The van der Waals surface area contributed by atoms with Crippen LogP contribution in [0.2, 0.25) is 0 Å². The van der Waals surface area contributed by atoms with Crippen LogP contribution >= 0.6 is 0 Å². The lowest BCUT2D eigenvalue weighted by atomic mass is 9.90. The van der Waals surface area contributed by atoms with Gasteiger partial charge < -0.3 is 5.32 Å². The second kappa shape index (κ2) is 6.06. The predicted octanol–water partition coefficient (Wildman–Crippen LogP) is 2.43. The summed E-state index contributed by atoms with van der Waals surface area (Å²) < 4.78 is 2.09. The molecule has 0 saturated carbocycles. The minimum absolute atomic E-state index is 0.326. The molecule has 1 aromatic heterocycles. The molecule has 1 fully saturated rings. The highest BCUT2D eigenvalue weighted by molar-refractivity contribution is 5.00. The van der Waals surface area contributed by atoms with Gasteiger partial charge in [-0.1, -0.05) is 6.92 Å². The van der Waals surface area contributed by atoms with Gasteiger partial charge in [0.2, 0.25) is 0 Å². The smallest absolute Gasteiger partial charge is 0.0764 e. The van der Waals surface area contributed by atoms with Crippen molar-refractivity contribution in [3.8, 4) is 0 Å². The molecule has 1 aliphatic rings. The third kappa shape index (κ3) is 3.57. The van der Waals surface area contributed by atoms with Crippen LogP contribution in [0.4, 0.5) is 0 Å². The van der Waals surface area contributed by atoms with E-state index in [1.165, 1.54) is 18.5 Å². The Balaban J connectivity index is 1.87. The number of nitrogens with zero attached hydrogens (tertiary/aromatic N) is 3. The molecule has 0 radical (unpaired) electrons. The van der Waals surface area contributed by atoms with Crippen molar-refractivity contribution in [1.29, 1.82) is 0 Å². The van der Waals surface area contributed by atoms with E-state index >= 15 is 0 Å². The van der Waals surface area contributed by atoms with Gasteiger partial charge in [0, 0.05) is 37.4 Å². The van der Waals surface area contributed by atoms with E-state index in [2.05, 4.69) is 55.0 Å². The Morgan fingerprint density at radius 1 is 1.42 bits per heavy atom. The summed E-state index contributed by atoms with van der Waals surface area (Å²) in [6.45, 7) is 10.1. The molecule has 0 bridgehead atoms. The summed E-state index contributed by atoms with van der Waals surface area (Å²) in [5.74, 6) is 0. The number of aromatic nitrogens is 2. The lowest BCUT2D eigenvalue weighted by Crippen LogP contribution is -2.49. The number of hydrogen-bond acceptors (Lipinski definition) is 3. The molecule has 2 heterocycles. The highest BCUT2D eigenvalue weighted by atomic mass is 15.3. The van der Waals surface area contributed by atoms with Crippen molar-refractivity contribution in [2.75, 3.05) is 20.1 Å². The summed E-state index contributed by atoms with van der Waals surface area (Å²) in [5, 5.41) is 8.14. The number of likely N-dealkylation sites (tertiary alicyclic amines) is 1. The van der Waals surface area contributed by atoms with Crippen molar-refractivity contribution in [2.24, 2.45) is 0 Å². The maximum Gasteiger partial charge on any atom is 0.0764 e. The minimum Gasteiger partial charge on any atom is -0.314 e. The molecule has 1 aromatic rings. The molecular weight excluding hydrogens is 236 g/mol. The minimum atomic E-state index is 0.326. The molecule has 108 valence electrons. The van der Waals surface area contributed by atoms with Crippen molar-refractivity contribution in [3.63, 3.8) is 0 Å². The van der Waals surface area contributed by atoms with Gasteiger partial charge in [-0.15, -0.1) is 0 Å². The van der Waals surface area contributed by atoms with Crippen LogP contribution in [0.3, 0.4) is 0 Å². The first-order valence-corrected chi connectivity index (χ1v) is 7.51. The van der Waals surface area contributed by atoms with Gasteiger partial charge >= 0.3 is 0 Å². The van der Waals surface area contributed by atoms with Crippen LogP contribution in [-0.2, 0) is 6.54 Å². The van der Waals surface area contributed by atoms with Gasteiger partial charge in [-0.05, 0) is 46.2 Å². The van der Waals surface area contributed by atoms with Crippen molar-refractivity contribution in [1.82, 2.24) is 20.0 Å². The molecule has 0 amide bonds. The monoisotopic (exact) mass is 264 g/mol. The first-order chi connectivity index (χ1) is 9.06. The van der Waals surface area contributed by atoms with E-state index in [9.17, 15) is 0 Å². The van der Waals surface area contributed by atoms with Crippen LogP contribution in [0.1, 0.15) is 51.8 Å². The van der Waals surface area contributed by atoms with Crippen molar-refractivity contribution in [3.05, 3.63) is 18.0 Å². The highest BCUT2D eigenvalue weighted by Gasteiger charge is 2.28. The molecule has 1 aliphatic heterocycles. The zero-order chi connectivity index (χ0) is 13.9. The number of nitrogens with one attached hydrogen (secondary N) is 1. The van der Waals surface area contributed by atoms with Crippen molar-refractivity contribution in [2.45, 2.75) is 58.2 Å². The lowest BCUT2D eigenvalue weighted by molar-refractivity contribution is 0.144. The second-order valence-corrected chi connectivity index (χ2v) is 6.13.